The van der Waals surface area contributed by atoms with Crippen LogP contribution in [0.15, 0.2) is 92.0 Å². The molecule has 5 nitrogen and oxygen atoms in total. The molecule has 0 spiro atoms. The van der Waals surface area contributed by atoms with Gasteiger partial charge in [0, 0.05) is 40.7 Å². The Morgan fingerprint density at radius 3 is 2.26 bits per heavy atom. The van der Waals surface area contributed by atoms with E-state index < -0.39 is 5.91 Å². The van der Waals surface area contributed by atoms with Crippen molar-refractivity contribution in [2.45, 2.75) is 37.1 Å². The Kier molecular flexibility index (Phi) is 6.48. The highest BCUT2D eigenvalue weighted by molar-refractivity contribution is 6.04. The van der Waals surface area contributed by atoms with Crippen LogP contribution in [0.2, 0.25) is 0 Å². The van der Waals surface area contributed by atoms with Gasteiger partial charge >= 0.3 is 0 Å². The fraction of sp³-hybridized carbons (Fsp3) is 0.294. The summed E-state index contributed by atoms with van der Waals surface area (Å²) in [5.74, 6) is 0.576. The Morgan fingerprint density at radius 1 is 0.974 bits per heavy atom. The third-order valence-electron chi connectivity index (χ3n) is 9.05. The molecule has 3 N–H and O–H groups in total. The summed E-state index contributed by atoms with van der Waals surface area (Å²) in [6.07, 6.45) is 8.95. The van der Waals surface area contributed by atoms with E-state index in [9.17, 15) is 9.59 Å². The van der Waals surface area contributed by atoms with Gasteiger partial charge in [0.25, 0.3) is 5.91 Å². The van der Waals surface area contributed by atoms with Gasteiger partial charge in [-0.1, -0.05) is 42.5 Å². The Bertz CT molecular complexity index is 1440. The zero-order valence-electron chi connectivity index (χ0n) is 22.2. The van der Waals surface area contributed by atoms with Crippen LogP contribution in [-0.4, -0.2) is 35.8 Å². The van der Waals surface area contributed by atoms with E-state index in [2.05, 4.69) is 47.7 Å². The van der Waals surface area contributed by atoms with Gasteiger partial charge in [-0.2, -0.15) is 0 Å². The van der Waals surface area contributed by atoms with Gasteiger partial charge in [0.1, 0.15) is 0 Å². The number of nitrogens with one attached hydrogen (secondary N) is 1. The SMILES string of the molecule is C=C[C@H]1C2Cc3ccc(C(=O)Nc4ccc(-c5ccc(C(N)=O)cc5)cc4)cc3C1(C=C)CCN2CC1CC1. The maximum atomic E-state index is 13.3. The van der Waals surface area contributed by atoms with Crippen molar-refractivity contribution in [1.29, 1.82) is 0 Å². The molecule has 3 aromatic carbocycles. The number of nitrogens with zero attached hydrogens (tertiary/aromatic N) is 1. The first-order valence-corrected chi connectivity index (χ1v) is 13.9. The predicted octanol–water partition coefficient (Wildman–Crippen LogP) is 5.97. The van der Waals surface area contributed by atoms with Crippen molar-refractivity contribution >= 4 is 17.5 Å². The lowest BCUT2D eigenvalue weighted by Gasteiger charge is -2.55. The van der Waals surface area contributed by atoms with E-state index >= 15 is 0 Å². The van der Waals surface area contributed by atoms with Crippen molar-refractivity contribution < 1.29 is 9.59 Å². The number of likely N-dealkylation sites (tertiary alicyclic amines) is 1. The minimum Gasteiger partial charge on any atom is -0.366 e. The number of fused-ring (bicyclic) bond motifs is 4. The van der Waals surface area contributed by atoms with E-state index in [1.54, 1.807) is 12.1 Å². The molecule has 3 aliphatic rings. The second-order valence-electron chi connectivity index (χ2n) is 11.3. The Balaban J connectivity index is 1.22. The molecular weight excluding hydrogens is 482 g/mol. The summed E-state index contributed by atoms with van der Waals surface area (Å²) >= 11 is 0. The third kappa shape index (κ3) is 4.61. The smallest absolute Gasteiger partial charge is 0.255 e. The largest absolute Gasteiger partial charge is 0.366 e. The first-order chi connectivity index (χ1) is 18.9. The van der Waals surface area contributed by atoms with Crippen LogP contribution in [0, 0.1) is 11.8 Å². The van der Waals surface area contributed by atoms with Crippen molar-refractivity contribution in [1.82, 2.24) is 4.90 Å². The molecule has 2 aliphatic carbocycles. The first kappa shape index (κ1) is 25.3. The molecule has 2 bridgehead atoms. The average molecular weight is 518 g/mol. The van der Waals surface area contributed by atoms with Crippen molar-refractivity contribution in [3.8, 4) is 11.1 Å². The Morgan fingerprint density at radius 2 is 1.64 bits per heavy atom. The van der Waals surface area contributed by atoms with Crippen molar-refractivity contribution in [3.63, 3.8) is 0 Å². The number of rotatable bonds is 8. The number of anilines is 1. The van der Waals surface area contributed by atoms with Gasteiger partial charge < -0.3 is 11.1 Å². The molecule has 0 aromatic heterocycles. The molecule has 3 aromatic rings. The minimum atomic E-state index is -0.445. The summed E-state index contributed by atoms with van der Waals surface area (Å²) in [6, 6.07) is 21.5. The molecule has 6 rings (SSSR count). The summed E-state index contributed by atoms with van der Waals surface area (Å²) < 4.78 is 0. The first-order valence-electron chi connectivity index (χ1n) is 13.9. The van der Waals surface area contributed by atoms with Crippen LogP contribution in [-0.2, 0) is 11.8 Å². The molecule has 1 aliphatic heterocycles. The highest BCUT2D eigenvalue weighted by atomic mass is 16.2. The van der Waals surface area contributed by atoms with E-state index in [-0.39, 0.29) is 17.2 Å². The summed E-state index contributed by atoms with van der Waals surface area (Å²) in [4.78, 5) is 27.4. The summed E-state index contributed by atoms with van der Waals surface area (Å²) in [7, 11) is 0. The van der Waals surface area contributed by atoms with Gasteiger partial charge in [0.2, 0.25) is 5.91 Å². The number of hydrogen-bond donors (Lipinski definition) is 2. The number of hydrogen-bond acceptors (Lipinski definition) is 3. The van der Waals surface area contributed by atoms with Crippen LogP contribution in [0.3, 0.4) is 0 Å². The van der Waals surface area contributed by atoms with Crippen LogP contribution in [0.1, 0.15) is 51.1 Å². The second kappa shape index (κ2) is 9.97. The standard InChI is InChI=1S/C34H35N3O2/c1-3-29-31-20-26-11-12-27(19-30(26)34(29,4-2)17-18-37(31)21-22-5-6-22)33(39)36-28-15-13-24(14-16-28)23-7-9-25(10-8-23)32(35)38/h3-4,7-16,19,22,29,31H,1-2,5-6,17-18,20-21H2,(H2,35,38)(H,36,39)/t29-,31?,34?/m0/s1. The fourth-order valence-electron chi connectivity index (χ4n) is 6.71. The summed E-state index contributed by atoms with van der Waals surface area (Å²) in [5, 5.41) is 3.06. The molecular formula is C34H35N3O2. The van der Waals surface area contributed by atoms with Crippen LogP contribution in [0.4, 0.5) is 5.69 Å². The number of carbonyl (C=O) groups is 2. The fourth-order valence-corrected chi connectivity index (χ4v) is 6.71. The number of amides is 2. The molecule has 1 heterocycles. The predicted molar refractivity (Wildman–Crippen MR) is 157 cm³/mol. The zero-order valence-corrected chi connectivity index (χ0v) is 22.2. The summed E-state index contributed by atoms with van der Waals surface area (Å²) in [6.45, 7) is 10.8. The van der Waals surface area contributed by atoms with Crippen molar-refractivity contribution in [2.24, 2.45) is 17.6 Å². The molecule has 2 unspecified atom stereocenters. The number of piperidine rings is 1. The highest BCUT2D eigenvalue weighted by Gasteiger charge is 2.51. The molecule has 5 heteroatoms. The van der Waals surface area contributed by atoms with Crippen molar-refractivity contribution in [3.05, 3.63) is 114 Å². The lowest BCUT2D eigenvalue weighted by Crippen LogP contribution is -2.59. The number of nitrogens with two attached hydrogens (primary N) is 1. The number of primary amides is 1. The topological polar surface area (TPSA) is 75.4 Å². The molecule has 1 saturated heterocycles. The monoisotopic (exact) mass is 517 g/mol. The van der Waals surface area contributed by atoms with Gasteiger partial charge in [-0.05, 0) is 96.8 Å². The minimum absolute atomic E-state index is 0.126. The molecule has 3 atom stereocenters. The maximum Gasteiger partial charge on any atom is 0.255 e. The van der Waals surface area contributed by atoms with Crippen LogP contribution in [0.5, 0.6) is 0 Å². The number of allylic oxidation sites excluding steroid dienone is 1. The van der Waals surface area contributed by atoms with E-state index in [4.69, 9.17) is 5.73 Å². The Labute approximate surface area is 230 Å². The lowest BCUT2D eigenvalue weighted by molar-refractivity contribution is 0.0550. The van der Waals surface area contributed by atoms with Crippen molar-refractivity contribution in [2.75, 3.05) is 18.4 Å². The van der Waals surface area contributed by atoms with Gasteiger partial charge in [0.05, 0.1) is 0 Å². The van der Waals surface area contributed by atoms with Crippen LogP contribution in [0.25, 0.3) is 11.1 Å². The number of benzene rings is 3. The average Bonchev–Trinajstić information content (AvgIpc) is 3.78. The van der Waals surface area contributed by atoms with Gasteiger partial charge in [-0.25, -0.2) is 0 Å². The second-order valence-corrected chi connectivity index (χ2v) is 11.3. The zero-order chi connectivity index (χ0) is 27.1. The van der Waals surface area contributed by atoms with E-state index in [0.717, 1.165) is 42.1 Å². The van der Waals surface area contributed by atoms with E-state index in [0.29, 0.717) is 17.2 Å². The van der Waals surface area contributed by atoms with Crippen LogP contribution < -0.4 is 11.1 Å². The third-order valence-corrected chi connectivity index (χ3v) is 9.05. The highest BCUT2D eigenvalue weighted by Crippen LogP contribution is 2.51. The molecule has 1 saturated carbocycles. The van der Waals surface area contributed by atoms with Gasteiger partial charge in [-0.15, -0.1) is 13.2 Å². The van der Waals surface area contributed by atoms with Gasteiger partial charge in [0.15, 0.2) is 0 Å². The van der Waals surface area contributed by atoms with E-state index in [1.165, 1.54) is 30.5 Å². The Hall–Kier alpha value is -3.96. The van der Waals surface area contributed by atoms with E-state index in [1.807, 2.05) is 42.5 Å². The lowest BCUT2D eigenvalue weighted by atomic mass is 9.57. The quantitative estimate of drug-likeness (QED) is 0.362. The summed E-state index contributed by atoms with van der Waals surface area (Å²) in [5.41, 5.74) is 11.5. The molecule has 2 fully saturated rings. The maximum absolute atomic E-state index is 13.3. The molecule has 2 amide bonds. The molecule has 198 valence electrons. The van der Waals surface area contributed by atoms with Gasteiger partial charge in [-0.3, -0.25) is 14.5 Å². The van der Waals surface area contributed by atoms with Crippen LogP contribution >= 0.6 is 0 Å². The normalized spacial score (nSPS) is 23.9. The molecule has 0 radical (unpaired) electrons. The number of carbonyl (C=O) groups excluding carboxylic acids is 2. The molecule has 39 heavy (non-hydrogen) atoms.